The van der Waals surface area contributed by atoms with Gasteiger partial charge in [0.2, 0.25) is 10.5 Å². The van der Waals surface area contributed by atoms with Crippen molar-refractivity contribution in [3.8, 4) is 0 Å². The molecule has 15 nitrogen and oxygen atoms in total. The predicted octanol–water partition coefficient (Wildman–Crippen LogP) is -2.75. The summed E-state index contributed by atoms with van der Waals surface area (Å²) in [6.07, 6.45) is 0. The van der Waals surface area contributed by atoms with E-state index in [1.165, 1.54) is 56.9 Å². The quantitative estimate of drug-likeness (QED) is 0.102. The molecule has 0 rings (SSSR count). The SMILES string of the molecule is CO[Si](O[Si]O[Si]O[Si]O[Si])O[Si](OC)(OC)O[Si](OC)(OC)O[Si](OC)(OC)OC. The Kier molecular flexibility index (Phi) is 18.2. The molecule has 0 amide bonds. The summed E-state index contributed by atoms with van der Waals surface area (Å²) < 4.78 is 80.2. The van der Waals surface area contributed by atoms with E-state index >= 15 is 0 Å². The minimum atomic E-state index is -4.04. The highest BCUT2D eigenvalue weighted by Crippen LogP contribution is 2.25. The first-order valence-corrected chi connectivity index (χ1v) is 16.7. The molecule has 0 aromatic heterocycles. The molecule has 0 aromatic carbocycles. The molecule has 0 aromatic rings. The smallest absolute Gasteiger partial charge is 0.435 e. The fourth-order valence-corrected chi connectivity index (χ4v) is 13.8. The molecule has 0 heterocycles. The highest BCUT2D eigenvalue weighted by Gasteiger charge is 2.65. The highest BCUT2D eigenvalue weighted by atomic mass is 28.5. The third-order valence-corrected chi connectivity index (χ3v) is 15.1. The second-order valence-electron chi connectivity index (χ2n) is 4.35. The van der Waals surface area contributed by atoms with Crippen molar-refractivity contribution in [3.63, 3.8) is 0 Å². The van der Waals surface area contributed by atoms with Crippen molar-refractivity contribution in [2.45, 2.75) is 0 Å². The molecular weight excluding hydrogens is 561 g/mol. The molecule has 23 heteroatoms. The molecule has 31 heavy (non-hydrogen) atoms. The van der Waals surface area contributed by atoms with Gasteiger partial charge in [0, 0.05) is 56.9 Å². The molecule has 0 N–H and O–H groups in total. The van der Waals surface area contributed by atoms with Crippen molar-refractivity contribution in [1.82, 2.24) is 0 Å². The van der Waals surface area contributed by atoms with Crippen molar-refractivity contribution in [2.24, 2.45) is 0 Å². The molecule has 0 saturated carbocycles. The van der Waals surface area contributed by atoms with Crippen LogP contribution in [0.1, 0.15) is 0 Å². The molecule has 0 fully saturated rings. The molecule has 0 aliphatic heterocycles. The Morgan fingerprint density at radius 2 is 1.03 bits per heavy atom. The van der Waals surface area contributed by atoms with Crippen LogP contribution in [0.25, 0.3) is 0 Å². The average molecular weight is 585 g/mol. The van der Waals surface area contributed by atoms with Gasteiger partial charge in [-0.25, -0.2) is 0 Å². The molecule has 0 atom stereocenters. The molecule has 0 spiro atoms. The summed E-state index contributed by atoms with van der Waals surface area (Å²) in [7, 11) is -1.74. The van der Waals surface area contributed by atoms with E-state index in [2.05, 4.69) is 14.6 Å². The fraction of sp³-hybridized carbons (Fsp3) is 1.00. The lowest BCUT2D eigenvalue weighted by molar-refractivity contribution is -0.0423. The lowest BCUT2D eigenvalue weighted by atomic mass is 11.8. The fourth-order valence-electron chi connectivity index (χ4n) is 1.56. The third-order valence-electron chi connectivity index (χ3n) is 2.96. The standard InChI is InChI=1S/C8H24O15Si8/c1-9-28(20-27-19-26-18-25-17-24)21-30(13-5,14-6)23-31(15-7,16-8)22-29(10-2,11-3)12-4/h1-8H3. The monoisotopic (exact) mass is 584 g/mol. The van der Waals surface area contributed by atoms with Crippen molar-refractivity contribution < 1.29 is 64.2 Å². The zero-order valence-corrected chi connectivity index (χ0v) is 26.1. The van der Waals surface area contributed by atoms with Gasteiger partial charge in [-0.05, 0) is 0 Å². The van der Waals surface area contributed by atoms with Crippen LogP contribution in [0.4, 0.5) is 0 Å². The van der Waals surface area contributed by atoms with E-state index in [-0.39, 0.29) is 20.0 Å². The molecule has 0 unspecified atom stereocenters. The van der Waals surface area contributed by atoms with Crippen LogP contribution < -0.4 is 0 Å². The summed E-state index contributed by atoms with van der Waals surface area (Å²) in [5, 5.41) is 0. The van der Waals surface area contributed by atoms with Gasteiger partial charge in [0.05, 0.1) is 0 Å². The molecule has 0 saturated heterocycles. The summed E-state index contributed by atoms with van der Waals surface area (Å²) in [6, 6.07) is 0. The van der Waals surface area contributed by atoms with Crippen LogP contribution in [0, 0.1) is 0 Å². The Balaban J connectivity index is 5.34. The number of hydrogen-bond donors (Lipinski definition) is 0. The zero-order valence-electron chi connectivity index (χ0n) is 18.1. The Morgan fingerprint density at radius 1 is 0.581 bits per heavy atom. The van der Waals surface area contributed by atoms with E-state index in [1.807, 2.05) is 0 Å². The van der Waals surface area contributed by atoms with Gasteiger partial charge in [-0.1, -0.05) is 0 Å². The Labute approximate surface area is 198 Å². The summed E-state index contributed by atoms with van der Waals surface area (Å²) >= 11 is 0. The summed E-state index contributed by atoms with van der Waals surface area (Å²) in [4.78, 5) is 0. The first-order chi connectivity index (χ1) is 14.8. The Morgan fingerprint density at radius 3 is 1.45 bits per heavy atom. The third kappa shape index (κ3) is 10.9. The molecule has 10 radical (unpaired) electrons. The van der Waals surface area contributed by atoms with E-state index in [9.17, 15) is 0 Å². The second kappa shape index (κ2) is 17.6. The van der Waals surface area contributed by atoms with Crippen LogP contribution in [0.2, 0.25) is 0 Å². The van der Waals surface area contributed by atoms with Gasteiger partial charge in [-0.3, -0.25) is 0 Å². The number of hydrogen-bond acceptors (Lipinski definition) is 15. The highest BCUT2D eigenvalue weighted by molar-refractivity contribution is 6.76. The van der Waals surface area contributed by atoms with Gasteiger partial charge < -0.3 is 64.2 Å². The van der Waals surface area contributed by atoms with Gasteiger partial charge in [-0.15, -0.1) is 0 Å². The molecule has 0 bridgehead atoms. The first-order valence-electron chi connectivity index (χ1n) is 7.76. The molecule has 0 aliphatic rings. The summed E-state index contributed by atoms with van der Waals surface area (Å²) in [5.41, 5.74) is 0. The first kappa shape index (κ1) is 32.1. The van der Waals surface area contributed by atoms with Gasteiger partial charge in [0.25, 0.3) is 0 Å². The zero-order chi connectivity index (χ0) is 23.8. The largest absolute Gasteiger partial charge is 0.673 e. The van der Waals surface area contributed by atoms with Gasteiger partial charge in [-0.2, -0.15) is 0 Å². The van der Waals surface area contributed by atoms with Gasteiger partial charge >= 0.3 is 66.7 Å². The van der Waals surface area contributed by atoms with Crippen LogP contribution in [0.5, 0.6) is 0 Å². The summed E-state index contributed by atoms with van der Waals surface area (Å²) in [6.45, 7) is 0. The van der Waals surface area contributed by atoms with Gasteiger partial charge in [0.15, 0.2) is 0 Å². The summed E-state index contributed by atoms with van der Waals surface area (Å²) in [5.74, 6) is 0. The van der Waals surface area contributed by atoms with Crippen molar-refractivity contribution >= 4 is 77.2 Å². The predicted molar refractivity (Wildman–Crippen MR) is 110 cm³/mol. The topological polar surface area (TPSA) is 138 Å². The van der Waals surface area contributed by atoms with E-state index in [1.54, 1.807) is 0 Å². The number of rotatable bonds is 21. The maximum Gasteiger partial charge on any atom is 0.673 e. The van der Waals surface area contributed by atoms with Crippen LogP contribution in [0.15, 0.2) is 0 Å². The molecule has 178 valence electrons. The van der Waals surface area contributed by atoms with Crippen LogP contribution >= 0.6 is 0 Å². The maximum atomic E-state index is 5.90. The van der Waals surface area contributed by atoms with Crippen LogP contribution in [0.3, 0.4) is 0 Å². The minimum Gasteiger partial charge on any atom is -0.435 e. The van der Waals surface area contributed by atoms with Gasteiger partial charge in [0.1, 0.15) is 0 Å². The maximum absolute atomic E-state index is 5.90. The Bertz CT molecular complexity index is 433. The average Bonchev–Trinajstić information content (AvgIpc) is 2.82. The van der Waals surface area contributed by atoms with E-state index in [4.69, 9.17) is 60.1 Å². The molecular formula is C8H24O15Si8. The van der Waals surface area contributed by atoms with Crippen molar-refractivity contribution in [1.29, 1.82) is 0 Å². The minimum absolute atomic E-state index is 0.222. The van der Waals surface area contributed by atoms with E-state index < -0.39 is 46.7 Å². The van der Waals surface area contributed by atoms with E-state index in [0.717, 1.165) is 0 Å². The normalized spacial score (nSPS) is 13.4. The van der Waals surface area contributed by atoms with E-state index in [0.29, 0.717) is 0 Å². The molecule has 0 aliphatic carbocycles. The van der Waals surface area contributed by atoms with Crippen molar-refractivity contribution in [2.75, 3.05) is 56.9 Å². The van der Waals surface area contributed by atoms with Crippen molar-refractivity contribution in [3.05, 3.63) is 0 Å². The second-order valence-corrected chi connectivity index (χ2v) is 17.3. The lowest BCUT2D eigenvalue weighted by Crippen LogP contribution is -2.67. The lowest BCUT2D eigenvalue weighted by Gasteiger charge is -2.36. The van der Waals surface area contributed by atoms with Crippen LogP contribution in [-0.2, 0) is 64.2 Å². The Hall–Kier alpha value is 1.14. The van der Waals surface area contributed by atoms with Crippen LogP contribution in [-0.4, -0.2) is 134 Å².